The number of hydrogen-bond acceptors (Lipinski definition) is 3. The van der Waals surface area contributed by atoms with E-state index in [0.717, 1.165) is 12.1 Å². The number of hydrogen-bond donors (Lipinski definition) is 2. The molecule has 1 aromatic carbocycles. The summed E-state index contributed by atoms with van der Waals surface area (Å²) in [5.74, 6) is -1.46. The van der Waals surface area contributed by atoms with Gasteiger partial charge in [0.25, 0.3) is 0 Å². The van der Waals surface area contributed by atoms with E-state index in [2.05, 4.69) is 0 Å². The molecule has 0 saturated heterocycles. The average molecular weight is 318 g/mol. The minimum Gasteiger partial charge on any atom is -0.480 e. The van der Waals surface area contributed by atoms with Crippen LogP contribution < -0.4 is 4.72 Å². The molecule has 0 bridgehead atoms. The summed E-state index contributed by atoms with van der Waals surface area (Å²) >= 11 is 5.33. The third-order valence-electron chi connectivity index (χ3n) is 1.97. The van der Waals surface area contributed by atoms with E-state index in [4.69, 9.17) is 16.7 Å². The van der Waals surface area contributed by atoms with Gasteiger partial charge in [-0.2, -0.15) is 17.9 Å². The molecule has 0 aliphatic heterocycles. The normalized spacial score (nSPS) is 12.4. The predicted molar refractivity (Wildman–Crippen MR) is 59.3 cm³/mol. The highest BCUT2D eigenvalue weighted by Crippen LogP contribution is 2.35. The van der Waals surface area contributed by atoms with Crippen LogP contribution in [0.1, 0.15) is 5.56 Å². The van der Waals surface area contributed by atoms with Gasteiger partial charge in [0.05, 0.1) is 15.5 Å². The van der Waals surface area contributed by atoms with Gasteiger partial charge in [-0.15, -0.1) is 0 Å². The van der Waals surface area contributed by atoms with Crippen molar-refractivity contribution < 1.29 is 31.5 Å². The smallest absolute Gasteiger partial charge is 0.417 e. The van der Waals surface area contributed by atoms with Gasteiger partial charge in [0.1, 0.15) is 6.54 Å². The zero-order valence-electron chi connectivity index (χ0n) is 9.03. The van der Waals surface area contributed by atoms with Gasteiger partial charge in [0, 0.05) is 0 Å². The van der Waals surface area contributed by atoms with Crippen LogP contribution in [0.3, 0.4) is 0 Å². The van der Waals surface area contributed by atoms with E-state index in [1.807, 2.05) is 0 Å². The largest absolute Gasteiger partial charge is 0.480 e. The molecule has 19 heavy (non-hydrogen) atoms. The molecule has 10 heteroatoms. The van der Waals surface area contributed by atoms with E-state index in [-0.39, 0.29) is 0 Å². The second-order valence-corrected chi connectivity index (χ2v) is 5.53. The van der Waals surface area contributed by atoms with E-state index in [1.54, 1.807) is 4.72 Å². The number of carboxylic acids is 1. The van der Waals surface area contributed by atoms with Gasteiger partial charge in [-0.25, -0.2) is 8.42 Å². The molecule has 0 heterocycles. The van der Waals surface area contributed by atoms with Crippen LogP contribution in [-0.2, 0) is 21.0 Å². The average Bonchev–Trinajstić information content (AvgIpc) is 2.25. The van der Waals surface area contributed by atoms with Crippen LogP contribution in [0.2, 0.25) is 5.02 Å². The van der Waals surface area contributed by atoms with Crippen molar-refractivity contribution in [1.82, 2.24) is 4.72 Å². The Hall–Kier alpha value is -1.32. The molecule has 0 saturated carbocycles. The number of sulfonamides is 1. The summed E-state index contributed by atoms with van der Waals surface area (Å²) in [5.41, 5.74) is -1.31. The van der Waals surface area contributed by atoms with Crippen LogP contribution in [0.5, 0.6) is 0 Å². The number of carbonyl (C=O) groups is 1. The SMILES string of the molecule is O=C(O)CNS(=O)(=O)c1ccc(Cl)c(C(F)(F)F)c1. The van der Waals surface area contributed by atoms with Crippen molar-refractivity contribution in [2.24, 2.45) is 0 Å². The lowest BCUT2D eigenvalue weighted by Crippen LogP contribution is -2.29. The fourth-order valence-electron chi connectivity index (χ4n) is 1.13. The highest BCUT2D eigenvalue weighted by Gasteiger charge is 2.34. The molecule has 0 aromatic heterocycles. The van der Waals surface area contributed by atoms with Gasteiger partial charge < -0.3 is 5.11 Å². The van der Waals surface area contributed by atoms with E-state index >= 15 is 0 Å². The molecular weight excluding hydrogens is 311 g/mol. The van der Waals surface area contributed by atoms with Crippen LogP contribution in [0.25, 0.3) is 0 Å². The van der Waals surface area contributed by atoms with E-state index in [0.29, 0.717) is 6.07 Å². The molecule has 5 nitrogen and oxygen atoms in total. The van der Waals surface area contributed by atoms with Crippen molar-refractivity contribution >= 4 is 27.6 Å². The van der Waals surface area contributed by atoms with Crippen molar-refractivity contribution in [2.75, 3.05) is 6.54 Å². The van der Waals surface area contributed by atoms with Gasteiger partial charge in [-0.1, -0.05) is 11.6 Å². The molecule has 2 N–H and O–H groups in total. The van der Waals surface area contributed by atoms with Gasteiger partial charge in [0.15, 0.2) is 0 Å². The summed E-state index contributed by atoms with van der Waals surface area (Å²) in [6, 6.07) is 1.97. The summed E-state index contributed by atoms with van der Waals surface area (Å²) < 4.78 is 62.3. The first-order valence-corrected chi connectivity index (χ1v) is 6.48. The Morgan fingerprint density at radius 3 is 2.42 bits per heavy atom. The maximum absolute atomic E-state index is 12.5. The zero-order valence-corrected chi connectivity index (χ0v) is 10.6. The zero-order chi connectivity index (χ0) is 14.8. The number of benzene rings is 1. The summed E-state index contributed by atoms with van der Waals surface area (Å²) in [7, 11) is -4.34. The number of halogens is 4. The topological polar surface area (TPSA) is 83.5 Å². The fourth-order valence-corrected chi connectivity index (χ4v) is 2.35. The van der Waals surface area contributed by atoms with Crippen molar-refractivity contribution in [3.63, 3.8) is 0 Å². The first-order valence-electron chi connectivity index (χ1n) is 4.62. The standard InChI is InChI=1S/C9H7ClF3NO4S/c10-7-2-1-5(3-6(7)9(11,12)13)19(17,18)14-4-8(15)16/h1-3,14H,4H2,(H,15,16). The third kappa shape index (κ3) is 4.08. The Balaban J connectivity index is 3.19. The van der Waals surface area contributed by atoms with Crippen LogP contribution in [0, 0.1) is 0 Å². The van der Waals surface area contributed by atoms with Crippen LogP contribution in [-0.4, -0.2) is 26.0 Å². The van der Waals surface area contributed by atoms with E-state index in [1.165, 1.54) is 0 Å². The summed E-state index contributed by atoms with van der Waals surface area (Å²) in [4.78, 5) is 9.51. The van der Waals surface area contributed by atoms with E-state index < -0.39 is 44.2 Å². The lowest BCUT2D eigenvalue weighted by molar-refractivity contribution is -0.138. The molecule has 1 rings (SSSR count). The second kappa shape index (κ2) is 5.35. The molecule has 106 valence electrons. The quantitative estimate of drug-likeness (QED) is 0.885. The molecule has 0 atom stereocenters. The lowest BCUT2D eigenvalue weighted by atomic mass is 10.2. The third-order valence-corrected chi connectivity index (χ3v) is 3.70. The molecule has 0 amide bonds. The Morgan fingerprint density at radius 1 is 1.37 bits per heavy atom. The van der Waals surface area contributed by atoms with Crippen LogP contribution >= 0.6 is 11.6 Å². The highest BCUT2D eigenvalue weighted by atomic mass is 35.5. The first kappa shape index (κ1) is 15.7. The Kier molecular flexibility index (Phi) is 4.43. The van der Waals surface area contributed by atoms with Crippen molar-refractivity contribution in [1.29, 1.82) is 0 Å². The number of carboxylic acid groups (broad SMARTS) is 1. The summed E-state index contributed by atoms with van der Waals surface area (Å²) in [5, 5.41) is 7.68. The Bertz CT molecular complexity index is 600. The first-order chi connectivity index (χ1) is 8.54. The van der Waals surface area contributed by atoms with Gasteiger partial charge >= 0.3 is 12.1 Å². The van der Waals surface area contributed by atoms with Crippen molar-refractivity contribution in [2.45, 2.75) is 11.1 Å². The summed E-state index contributed by atoms with van der Waals surface area (Å²) in [6.07, 6.45) is -4.81. The molecule has 0 fully saturated rings. The molecule has 0 aliphatic carbocycles. The molecule has 0 aliphatic rings. The predicted octanol–water partition coefficient (Wildman–Crippen LogP) is 1.72. The van der Waals surface area contributed by atoms with Crippen LogP contribution in [0.15, 0.2) is 23.1 Å². The second-order valence-electron chi connectivity index (χ2n) is 3.36. The fraction of sp³-hybridized carbons (Fsp3) is 0.222. The lowest BCUT2D eigenvalue weighted by Gasteiger charge is -2.11. The maximum Gasteiger partial charge on any atom is 0.417 e. The highest BCUT2D eigenvalue weighted by molar-refractivity contribution is 7.89. The minimum absolute atomic E-state index is 0.340. The molecule has 0 radical (unpaired) electrons. The Labute approximate surface area is 111 Å². The van der Waals surface area contributed by atoms with Crippen molar-refractivity contribution in [3.8, 4) is 0 Å². The molecule has 1 aromatic rings. The monoisotopic (exact) mass is 317 g/mol. The van der Waals surface area contributed by atoms with Crippen molar-refractivity contribution in [3.05, 3.63) is 28.8 Å². The minimum atomic E-state index is -4.81. The van der Waals surface area contributed by atoms with Gasteiger partial charge in [-0.3, -0.25) is 4.79 Å². The molecule has 0 unspecified atom stereocenters. The van der Waals surface area contributed by atoms with Gasteiger partial charge in [-0.05, 0) is 18.2 Å². The summed E-state index contributed by atoms with van der Waals surface area (Å²) in [6.45, 7) is -0.938. The maximum atomic E-state index is 12.5. The number of aliphatic carboxylic acids is 1. The van der Waals surface area contributed by atoms with Gasteiger partial charge in [0.2, 0.25) is 10.0 Å². The number of alkyl halides is 3. The number of nitrogens with one attached hydrogen (secondary N) is 1. The van der Waals surface area contributed by atoms with E-state index in [9.17, 15) is 26.4 Å². The number of rotatable bonds is 4. The molecular formula is C9H7ClF3NO4S. The molecule has 0 spiro atoms. The van der Waals surface area contributed by atoms with Crippen LogP contribution in [0.4, 0.5) is 13.2 Å². The Morgan fingerprint density at radius 2 is 1.95 bits per heavy atom.